The number of urea groups is 1. The second-order valence-electron chi connectivity index (χ2n) is 6.47. The number of carbonyl (C=O) groups is 3. The zero-order valence-electron chi connectivity index (χ0n) is 16.7. The quantitative estimate of drug-likeness (QED) is 0.390. The number of nitrogens with one attached hydrogen (secondary N) is 2. The summed E-state index contributed by atoms with van der Waals surface area (Å²) in [7, 11) is 0. The molecule has 13 heteroatoms. The van der Waals surface area contributed by atoms with Crippen molar-refractivity contribution in [2.75, 3.05) is 36.8 Å². The van der Waals surface area contributed by atoms with Gasteiger partial charge >= 0.3 is 6.03 Å². The van der Waals surface area contributed by atoms with Gasteiger partial charge in [0, 0.05) is 61.8 Å². The number of anilines is 2. The van der Waals surface area contributed by atoms with E-state index in [1.54, 1.807) is 9.80 Å². The third-order valence-corrected chi connectivity index (χ3v) is 4.32. The lowest BCUT2D eigenvalue weighted by Crippen LogP contribution is -2.44. The van der Waals surface area contributed by atoms with Crippen LogP contribution in [0.4, 0.5) is 27.5 Å². The Balaban J connectivity index is 0.000000303. The first-order chi connectivity index (χ1) is 15.3. The van der Waals surface area contributed by atoms with Crippen LogP contribution in [0.1, 0.15) is 0 Å². The number of hydrogen-bond acceptors (Lipinski definition) is 7. The number of nitro benzene ring substituents is 2. The molecule has 2 N–H and O–H groups in total. The van der Waals surface area contributed by atoms with E-state index in [2.05, 4.69) is 10.6 Å². The van der Waals surface area contributed by atoms with Crippen LogP contribution in [0.2, 0.25) is 0 Å². The summed E-state index contributed by atoms with van der Waals surface area (Å²) < 4.78 is 0. The number of amides is 4. The SMILES string of the molecule is O=C(Nc1ccc([N+](=O)[O-])cc1)Nc1ccc([N+](=O)[O-])cc1.O=CN1CCN(C=O)CC1. The topological polar surface area (TPSA) is 168 Å². The molecule has 0 saturated carbocycles. The molecule has 0 bridgehead atoms. The van der Waals surface area contributed by atoms with Crippen molar-refractivity contribution >= 4 is 41.6 Å². The Morgan fingerprint density at radius 1 is 0.719 bits per heavy atom. The van der Waals surface area contributed by atoms with E-state index < -0.39 is 15.9 Å². The summed E-state index contributed by atoms with van der Waals surface area (Å²) in [5.74, 6) is 0. The van der Waals surface area contributed by atoms with Crippen molar-refractivity contribution in [2.45, 2.75) is 0 Å². The summed E-state index contributed by atoms with van der Waals surface area (Å²) in [6, 6.07) is 10.1. The fourth-order valence-corrected chi connectivity index (χ4v) is 2.57. The van der Waals surface area contributed by atoms with Crippen LogP contribution in [0.25, 0.3) is 0 Å². The molecule has 0 unspecified atom stereocenters. The number of rotatable bonds is 6. The van der Waals surface area contributed by atoms with Gasteiger partial charge in [-0.2, -0.15) is 0 Å². The molecular weight excluding hydrogens is 424 g/mol. The molecule has 1 saturated heterocycles. The third-order valence-electron chi connectivity index (χ3n) is 4.32. The number of piperazine rings is 1. The molecule has 0 aromatic heterocycles. The molecule has 0 atom stereocenters. The van der Waals surface area contributed by atoms with Crippen molar-refractivity contribution in [3.63, 3.8) is 0 Å². The molecule has 2 aromatic rings. The molecular formula is C19H20N6O7. The van der Waals surface area contributed by atoms with Crippen molar-refractivity contribution in [2.24, 2.45) is 0 Å². The van der Waals surface area contributed by atoms with E-state index >= 15 is 0 Å². The van der Waals surface area contributed by atoms with E-state index in [-0.39, 0.29) is 11.4 Å². The summed E-state index contributed by atoms with van der Waals surface area (Å²) in [5.41, 5.74) is 0.595. The first kappa shape index (κ1) is 23.7. The van der Waals surface area contributed by atoms with E-state index in [0.29, 0.717) is 37.6 Å². The normalized spacial score (nSPS) is 12.6. The van der Waals surface area contributed by atoms with Crippen LogP contribution >= 0.6 is 0 Å². The number of carbonyl (C=O) groups excluding carboxylic acids is 3. The van der Waals surface area contributed by atoms with Gasteiger partial charge in [-0.25, -0.2) is 4.79 Å². The Hall–Kier alpha value is -4.55. The Kier molecular flexibility index (Phi) is 8.59. The van der Waals surface area contributed by atoms with Gasteiger partial charge in [-0.15, -0.1) is 0 Å². The van der Waals surface area contributed by atoms with E-state index in [4.69, 9.17) is 0 Å². The van der Waals surface area contributed by atoms with Gasteiger partial charge < -0.3 is 20.4 Å². The summed E-state index contributed by atoms with van der Waals surface area (Å²) in [6.45, 7) is 2.68. The second-order valence-corrected chi connectivity index (χ2v) is 6.47. The monoisotopic (exact) mass is 444 g/mol. The molecule has 0 spiro atoms. The predicted octanol–water partition coefficient (Wildman–Crippen LogP) is 2.06. The maximum Gasteiger partial charge on any atom is 0.323 e. The van der Waals surface area contributed by atoms with Crippen LogP contribution in [-0.4, -0.2) is 64.7 Å². The first-order valence-electron chi connectivity index (χ1n) is 9.28. The molecule has 0 aliphatic carbocycles. The Bertz CT molecular complexity index is 880. The van der Waals surface area contributed by atoms with Gasteiger partial charge in [0.25, 0.3) is 11.4 Å². The van der Waals surface area contributed by atoms with Crippen LogP contribution in [0.3, 0.4) is 0 Å². The molecule has 32 heavy (non-hydrogen) atoms. The van der Waals surface area contributed by atoms with Crippen LogP contribution < -0.4 is 10.6 Å². The van der Waals surface area contributed by atoms with Crippen molar-refractivity contribution in [1.82, 2.24) is 9.80 Å². The molecule has 1 aliphatic rings. The van der Waals surface area contributed by atoms with E-state index in [1.807, 2.05) is 0 Å². The van der Waals surface area contributed by atoms with Crippen molar-refractivity contribution in [3.8, 4) is 0 Å². The van der Waals surface area contributed by atoms with Gasteiger partial charge in [0.15, 0.2) is 0 Å². The zero-order valence-corrected chi connectivity index (χ0v) is 16.7. The van der Waals surface area contributed by atoms with Gasteiger partial charge in [-0.05, 0) is 24.3 Å². The fraction of sp³-hybridized carbons (Fsp3) is 0.211. The molecule has 0 radical (unpaired) electrons. The maximum absolute atomic E-state index is 11.7. The van der Waals surface area contributed by atoms with E-state index in [0.717, 1.165) is 12.8 Å². The summed E-state index contributed by atoms with van der Waals surface area (Å²) in [4.78, 5) is 55.3. The predicted molar refractivity (Wildman–Crippen MR) is 114 cm³/mol. The molecule has 1 aliphatic heterocycles. The second kappa shape index (κ2) is 11.6. The van der Waals surface area contributed by atoms with Gasteiger partial charge in [-0.3, -0.25) is 29.8 Å². The van der Waals surface area contributed by atoms with Crippen LogP contribution in [0.5, 0.6) is 0 Å². The largest absolute Gasteiger partial charge is 0.342 e. The van der Waals surface area contributed by atoms with Crippen molar-refractivity contribution in [1.29, 1.82) is 0 Å². The van der Waals surface area contributed by atoms with E-state index in [1.165, 1.54) is 48.5 Å². The van der Waals surface area contributed by atoms with E-state index in [9.17, 15) is 34.6 Å². The Morgan fingerprint density at radius 3 is 1.28 bits per heavy atom. The molecule has 1 fully saturated rings. The zero-order chi connectivity index (χ0) is 23.5. The molecule has 3 rings (SSSR count). The number of nitrogens with zero attached hydrogens (tertiary/aromatic N) is 4. The van der Waals surface area contributed by atoms with Gasteiger partial charge in [0.05, 0.1) is 9.85 Å². The number of benzene rings is 2. The van der Waals surface area contributed by atoms with Gasteiger partial charge in [-0.1, -0.05) is 0 Å². The molecule has 168 valence electrons. The maximum atomic E-state index is 11.7. The lowest BCUT2D eigenvalue weighted by molar-refractivity contribution is -0.385. The lowest BCUT2D eigenvalue weighted by Gasteiger charge is -2.29. The van der Waals surface area contributed by atoms with Crippen LogP contribution in [0, 0.1) is 20.2 Å². The molecule has 2 aromatic carbocycles. The van der Waals surface area contributed by atoms with Crippen molar-refractivity contribution in [3.05, 3.63) is 68.8 Å². The summed E-state index contributed by atoms with van der Waals surface area (Å²) in [6.07, 6.45) is 1.64. The van der Waals surface area contributed by atoms with Gasteiger partial charge in [0.1, 0.15) is 0 Å². The average molecular weight is 444 g/mol. The average Bonchev–Trinajstić information content (AvgIpc) is 2.80. The minimum Gasteiger partial charge on any atom is -0.342 e. The highest BCUT2D eigenvalue weighted by atomic mass is 16.6. The minimum absolute atomic E-state index is 0.0821. The summed E-state index contributed by atoms with van der Waals surface area (Å²) >= 11 is 0. The molecule has 13 nitrogen and oxygen atoms in total. The smallest absolute Gasteiger partial charge is 0.323 e. The minimum atomic E-state index is -0.567. The Morgan fingerprint density at radius 2 is 1.03 bits per heavy atom. The standard InChI is InChI=1S/C13H10N4O5.C6H10N2O2/c18-13(14-9-1-5-11(6-2-9)16(19)20)15-10-3-7-12(8-4-10)17(21)22;9-5-7-1-2-8(6-10)4-3-7/h1-8H,(H2,14,15,18);5-6H,1-4H2. The first-order valence-corrected chi connectivity index (χ1v) is 9.28. The molecule has 1 heterocycles. The highest BCUT2D eigenvalue weighted by Gasteiger charge is 2.12. The van der Waals surface area contributed by atoms with Crippen molar-refractivity contribution < 1.29 is 24.2 Å². The number of nitro groups is 2. The lowest BCUT2D eigenvalue weighted by atomic mass is 10.3. The Labute approximate surface area is 181 Å². The van der Waals surface area contributed by atoms with Crippen LogP contribution in [-0.2, 0) is 9.59 Å². The number of hydrogen-bond donors (Lipinski definition) is 2. The fourth-order valence-electron chi connectivity index (χ4n) is 2.57. The van der Waals surface area contributed by atoms with Gasteiger partial charge in [0.2, 0.25) is 12.8 Å². The highest BCUT2D eigenvalue weighted by molar-refractivity contribution is 5.99. The summed E-state index contributed by atoms with van der Waals surface area (Å²) in [5, 5.41) is 26.0. The number of non-ortho nitro benzene ring substituents is 2. The highest BCUT2D eigenvalue weighted by Crippen LogP contribution is 2.17. The molecule has 4 amide bonds. The van der Waals surface area contributed by atoms with Crippen LogP contribution in [0.15, 0.2) is 48.5 Å². The third kappa shape index (κ3) is 7.37.